The van der Waals surface area contributed by atoms with Crippen molar-refractivity contribution in [2.75, 3.05) is 13.1 Å². The van der Waals surface area contributed by atoms with Crippen molar-refractivity contribution < 1.29 is 23.8 Å². The molecule has 1 saturated heterocycles. The van der Waals surface area contributed by atoms with Crippen LogP contribution >= 0.6 is 0 Å². The average molecular weight is 373 g/mol. The van der Waals surface area contributed by atoms with Crippen molar-refractivity contribution in [2.24, 2.45) is 0 Å². The van der Waals surface area contributed by atoms with Crippen molar-refractivity contribution in [3.63, 3.8) is 0 Å². The first kappa shape index (κ1) is 17.7. The highest BCUT2D eigenvalue weighted by molar-refractivity contribution is 5.95. The molecule has 2 atom stereocenters. The lowest BCUT2D eigenvalue weighted by molar-refractivity contribution is -0.160. The number of nitrogens with zero attached hydrogens (tertiary/aromatic N) is 3. The smallest absolute Gasteiger partial charge is 0.334 e. The van der Waals surface area contributed by atoms with Crippen LogP contribution < -0.4 is 0 Å². The largest absolute Gasteiger partial charge is 0.479 e. The van der Waals surface area contributed by atoms with Crippen LogP contribution in [0.25, 0.3) is 5.69 Å². The van der Waals surface area contributed by atoms with E-state index in [0.717, 1.165) is 30.5 Å². The Morgan fingerprint density at radius 3 is 2.85 bits per heavy atom. The second kappa shape index (κ2) is 6.77. The third kappa shape index (κ3) is 3.21. The van der Waals surface area contributed by atoms with Crippen molar-refractivity contribution in [1.29, 1.82) is 0 Å². The van der Waals surface area contributed by atoms with Gasteiger partial charge in [0.15, 0.2) is 11.8 Å². The number of benzene rings is 1. The van der Waals surface area contributed by atoms with Crippen LogP contribution in [0.1, 0.15) is 35.1 Å². The fourth-order valence-corrected chi connectivity index (χ4v) is 3.83. The van der Waals surface area contributed by atoms with Crippen molar-refractivity contribution in [3.8, 4) is 5.69 Å². The number of halogens is 1. The lowest BCUT2D eigenvalue weighted by Crippen LogP contribution is -2.52. The molecule has 0 bridgehead atoms. The summed E-state index contributed by atoms with van der Waals surface area (Å²) in [5.41, 5.74) is 2.69. The summed E-state index contributed by atoms with van der Waals surface area (Å²) in [5.74, 6) is -1.76. The number of morpholine rings is 1. The second-order valence-corrected chi connectivity index (χ2v) is 7.00. The van der Waals surface area contributed by atoms with E-state index in [4.69, 9.17) is 4.74 Å². The van der Waals surface area contributed by atoms with Crippen LogP contribution in [-0.2, 0) is 22.4 Å². The normalized spacial score (nSPS) is 21.9. The van der Waals surface area contributed by atoms with Gasteiger partial charge in [-0.3, -0.25) is 4.79 Å². The SMILES string of the molecule is C[C@@H]1CN(C(=O)c2nn(-c3cccc(F)c3)c3c2CCC3)CC(C(=O)O)O1. The first-order valence-corrected chi connectivity index (χ1v) is 8.98. The molecule has 1 aromatic carbocycles. The van der Waals surface area contributed by atoms with Crippen LogP contribution in [0, 0.1) is 5.82 Å². The molecule has 142 valence electrons. The minimum atomic E-state index is -1.09. The van der Waals surface area contributed by atoms with Crippen LogP contribution in [0.5, 0.6) is 0 Å². The second-order valence-electron chi connectivity index (χ2n) is 7.00. The number of amides is 1. The molecule has 8 heteroatoms. The Morgan fingerprint density at radius 1 is 1.30 bits per heavy atom. The zero-order chi connectivity index (χ0) is 19.1. The number of carboxylic acids is 1. The number of fused-ring (bicyclic) bond motifs is 1. The molecule has 7 nitrogen and oxygen atoms in total. The molecule has 1 fully saturated rings. The van der Waals surface area contributed by atoms with E-state index in [9.17, 15) is 19.1 Å². The molecule has 2 heterocycles. The minimum Gasteiger partial charge on any atom is -0.479 e. The van der Waals surface area contributed by atoms with Gasteiger partial charge in [0, 0.05) is 17.8 Å². The van der Waals surface area contributed by atoms with Crippen molar-refractivity contribution in [1.82, 2.24) is 14.7 Å². The Balaban J connectivity index is 1.69. The molecule has 1 unspecified atom stereocenters. The molecule has 0 saturated carbocycles. The summed E-state index contributed by atoms with van der Waals surface area (Å²) in [7, 11) is 0. The molecule has 1 amide bonds. The van der Waals surface area contributed by atoms with Crippen molar-refractivity contribution in [3.05, 3.63) is 47.0 Å². The summed E-state index contributed by atoms with van der Waals surface area (Å²) in [6.07, 6.45) is 0.982. The van der Waals surface area contributed by atoms with Gasteiger partial charge in [0.05, 0.1) is 18.3 Å². The van der Waals surface area contributed by atoms with E-state index in [-0.39, 0.29) is 24.4 Å². The van der Waals surface area contributed by atoms with Crippen molar-refractivity contribution in [2.45, 2.75) is 38.4 Å². The highest BCUT2D eigenvalue weighted by Gasteiger charge is 2.36. The highest BCUT2D eigenvalue weighted by Crippen LogP contribution is 2.29. The van der Waals surface area contributed by atoms with Gasteiger partial charge in [0.25, 0.3) is 5.91 Å². The Bertz CT molecular complexity index is 910. The molecule has 4 rings (SSSR count). The summed E-state index contributed by atoms with van der Waals surface area (Å²) in [6.45, 7) is 2.04. The quantitative estimate of drug-likeness (QED) is 0.887. The first-order valence-electron chi connectivity index (χ1n) is 8.98. The van der Waals surface area contributed by atoms with Gasteiger partial charge in [-0.25, -0.2) is 13.9 Å². The number of carbonyl (C=O) groups excluding carboxylic acids is 1. The van der Waals surface area contributed by atoms with Gasteiger partial charge in [-0.1, -0.05) is 6.07 Å². The van der Waals surface area contributed by atoms with Gasteiger partial charge in [-0.05, 0) is 44.4 Å². The maximum absolute atomic E-state index is 13.6. The maximum atomic E-state index is 13.6. The van der Waals surface area contributed by atoms with Gasteiger partial charge in [-0.2, -0.15) is 5.10 Å². The van der Waals surface area contributed by atoms with E-state index in [1.807, 2.05) is 0 Å². The molecule has 2 aromatic rings. The fourth-order valence-electron chi connectivity index (χ4n) is 3.83. The number of rotatable bonds is 3. The maximum Gasteiger partial charge on any atom is 0.334 e. The van der Waals surface area contributed by atoms with E-state index in [1.54, 1.807) is 23.7 Å². The first-order chi connectivity index (χ1) is 12.9. The third-order valence-electron chi connectivity index (χ3n) is 5.01. The predicted octanol–water partition coefficient (Wildman–Crippen LogP) is 1.81. The van der Waals surface area contributed by atoms with E-state index >= 15 is 0 Å². The summed E-state index contributed by atoms with van der Waals surface area (Å²) in [5, 5.41) is 13.7. The van der Waals surface area contributed by atoms with Crippen LogP contribution in [-0.4, -0.2) is 57.0 Å². The molecular formula is C19H20FN3O4. The van der Waals surface area contributed by atoms with E-state index in [0.29, 0.717) is 17.9 Å². The minimum absolute atomic E-state index is 0.0138. The summed E-state index contributed by atoms with van der Waals surface area (Å²) in [6, 6.07) is 6.11. The number of aromatic nitrogens is 2. The molecule has 0 spiro atoms. The number of aliphatic carboxylic acids is 1. The Morgan fingerprint density at radius 2 is 2.11 bits per heavy atom. The van der Waals surface area contributed by atoms with Gasteiger partial charge in [-0.15, -0.1) is 0 Å². The topological polar surface area (TPSA) is 84.7 Å². The molecular weight excluding hydrogens is 353 g/mol. The third-order valence-corrected chi connectivity index (χ3v) is 5.01. The molecule has 1 N–H and O–H groups in total. The van der Waals surface area contributed by atoms with Gasteiger partial charge < -0.3 is 14.7 Å². The molecule has 2 aliphatic rings. The number of carbonyl (C=O) groups is 2. The standard InChI is InChI=1S/C19H20FN3O4/c1-11-9-22(10-16(27-11)19(25)26)18(24)17-14-6-3-7-15(14)23(21-17)13-5-2-4-12(20)8-13/h2,4-5,8,11,16H,3,6-7,9-10H2,1H3,(H,25,26)/t11-,16?/m1/s1. The lowest BCUT2D eigenvalue weighted by atomic mass is 10.1. The van der Waals surface area contributed by atoms with Gasteiger partial charge in [0.2, 0.25) is 0 Å². The Kier molecular flexibility index (Phi) is 4.43. The average Bonchev–Trinajstić information content (AvgIpc) is 3.23. The van der Waals surface area contributed by atoms with Crippen LogP contribution in [0.15, 0.2) is 24.3 Å². The van der Waals surface area contributed by atoms with E-state index < -0.39 is 12.1 Å². The molecule has 27 heavy (non-hydrogen) atoms. The van der Waals surface area contributed by atoms with Crippen LogP contribution in [0.2, 0.25) is 0 Å². The number of hydrogen-bond donors (Lipinski definition) is 1. The number of hydrogen-bond acceptors (Lipinski definition) is 4. The summed E-state index contributed by atoms with van der Waals surface area (Å²) >= 11 is 0. The summed E-state index contributed by atoms with van der Waals surface area (Å²) in [4.78, 5) is 25.9. The van der Waals surface area contributed by atoms with E-state index in [2.05, 4.69) is 5.10 Å². The molecule has 0 radical (unpaired) electrons. The lowest BCUT2D eigenvalue weighted by Gasteiger charge is -2.34. The van der Waals surface area contributed by atoms with Crippen molar-refractivity contribution >= 4 is 11.9 Å². The summed E-state index contributed by atoms with van der Waals surface area (Å²) < 4.78 is 20.7. The zero-order valence-electron chi connectivity index (χ0n) is 14.9. The molecule has 1 aliphatic heterocycles. The van der Waals surface area contributed by atoms with Crippen LogP contribution in [0.3, 0.4) is 0 Å². The monoisotopic (exact) mass is 373 g/mol. The Labute approximate surface area is 155 Å². The predicted molar refractivity (Wildman–Crippen MR) is 93.4 cm³/mol. The highest BCUT2D eigenvalue weighted by atomic mass is 19.1. The number of carboxylic acid groups (broad SMARTS) is 1. The van der Waals surface area contributed by atoms with Gasteiger partial charge in [0.1, 0.15) is 5.82 Å². The molecule has 1 aromatic heterocycles. The van der Waals surface area contributed by atoms with Gasteiger partial charge >= 0.3 is 5.97 Å². The fraction of sp³-hybridized carbons (Fsp3) is 0.421. The Hall–Kier alpha value is -2.74. The molecule has 1 aliphatic carbocycles. The van der Waals surface area contributed by atoms with Crippen LogP contribution in [0.4, 0.5) is 4.39 Å². The number of ether oxygens (including phenoxy) is 1. The zero-order valence-corrected chi connectivity index (χ0v) is 14.9. The van der Waals surface area contributed by atoms with E-state index in [1.165, 1.54) is 17.0 Å².